The molecular weight excluding hydrogens is 200 g/mol. The molecule has 0 saturated carbocycles. The van der Waals surface area contributed by atoms with E-state index in [1.165, 1.54) is 0 Å². The largest absolute Gasteiger partial charge is 0.356 e. The fraction of sp³-hybridized carbons (Fsp3) is 0.111. The number of nitrogens with zero attached hydrogens (tertiary/aromatic N) is 2. The average molecular weight is 207 g/mol. The van der Waals surface area contributed by atoms with Crippen molar-refractivity contribution in [3.05, 3.63) is 30.3 Å². The number of carbonyl (C=O) groups is 2. The topological polar surface area (TPSA) is 51.5 Å². The van der Waals surface area contributed by atoms with Gasteiger partial charge in [0.2, 0.25) is 0 Å². The molecule has 1 radical (unpaired) electrons. The zero-order valence-electron chi connectivity index (χ0n) is 7.21. The Kier molecular flexibility index (Phi) is 2.41. The van der Waals surface area contributed by atoms with Crippen LogP contribution >= 0.6 is 11.9 Å². The Morgan fingerprint density at radius 1 is 1.21 bits per heavy atom. The van der Waals surface area contributed by atoms with Crippen molar-refractivity contribution in [1.82, 2.24) is 9.62 Å². The number of hydrogen-bond acceptors (Lipinski definition) is 3. The molecule has 1 saturated heterocycles. The van der Waals surface area contributed by atoms with Crippen molar-refractivity contribution >= 4 is 23.9 Å². The fourth-order valence-corrected chi connectivity index (χ4v) is 1.83. The van der Waals surface area contributed by atoms with E-state index in [0.29, 0.717) is 0 Å². The molecule has 0 bridgehead atoms. The summed E-state index contributed by atoms with van der Waals surface area (Å²) in [5, 5.41) is 3.51. The highest BCUT2D eigenvalue weighted by Crippen LogP contribution is 2.24. The van der Waals surface area contributed by atoms with Crippen molar-refractivity contribution in [2.75, 3.05) is 6.54 Å². The Balaban J connectivity index is 2.11. The summed E-state index contributed by atoms with van der Waals surface area (Å²) in [5.41, 5.74) is 0. The van der Waals surface area contributed by atoms with Gasteiger partial charge in [-0.05, 0) is 24.1 Å². The number of benzene rings is 1. The van der Waals surface area contributed by atoms with Crippen LogP contribution in [0, 0.1) is 0 Å². The van der Waals surface area contributed by atoms with Gasteiger partial charge in [-0.3, -0.25) is 4.79 Å². The zero-order chi connectivity index (χ0) is 9.97. The molecular formula is C9H7N2O2S. The molecule has 1 heterocycles. The minimum atomic E-state index is -0.469. The molecule has 0 atom stereocenters. The summed E-state index contributed by atoms with van der Waals surface area (Å²) in [6.07, 6.45) is 0. The van der Waals surface area contributed by atoms with E-state index in [-0.39, 0.29) is 12.5 Å². The zero-order valence-corrected chi connectivity index (χ0v) is 8.03. The Bertz CT molecular complexity index is 350. The first-order chi connectivity index (χ1) is 6.77. The lowest BCUT2D eigenvalue weighted by Crippen LogP contribution is -2.21. The van der Waals surface area contributed by atoms with E-state index in [4.69, 9.17) is 0 Å². The lowest BCUT2D eigenvalue weighted by molar-refractivity contribution is -0.121. The standard InChI is InChI=1S/C9H7N2O2S/c12-8-6-10-9(13)11(8)14-7-4-2-1-3-5-7/h1-5H,6H2. The molecule has 1 aromatic rings. The maximum atomic E-state index is 11.2. The second-order valence-electron chi connectivity index (χ2n) is 2.69. The van der Waals surface area contributed by atoms with Gasteiger partial charge in [0.25, 0.3) is 5.91 Å². The van der Waals surface area contributed by atoms with Crippen molar-refractivity contribution in [1.29, 1.82) is 0 Å². The van der Waals surface area contributed by atoms with E-state index in [0.717, 1.165) is 21.1 Å². The maximum Gasteiger partial charge on any atom is 0.356 e. The van der Waals surface area contributed by atoms with Gasteiger partial charge >= 0.3 is 6.03 Å². The fourth-order valence-electron chi connectivity index (χ4n) is 1.05. The van der Waals surface area contributed by atoms with Crippen molar-refractivity contribution < 1.29 is 9.59 Å². The van der Waals surface area contributed by atoms with Crippen LogP contribution in [-0.4, -0.2) is 22.8 Å². The number of urea groups is 1. The Morgan fingerprint density at radius 2 is 1.93 bits per heavy atom. The van der Waals surface area contributed by atoms with Crippen molar-refractivity contribution in [2.24, 2.45) is 0 Å². The summed E-state index contributed by atoms with van der Waals surface area (Å²) in [7, 11) is 0. The predicted molar refractivity (Wildman–Crippen MR) is 51.5 cm³/mol. The third kappa shape index (κ3) is 1.72. The normalized spacial score (nSPS) is 15.9. The van der Waals surface area contributed by atoms with Crippen LogP contribution in [0.15, 0.2) is 35.2 Å². The second-order valence-corrected chi connectivity index (χ2v) is 3.71. The van der Waals surface area contributed by atoms with Gasteiger partial charge < -0.3 is 0 Å². The Hall–Kier alpha value is -1.49. The number of amides is 3. The minimum Gasteiger partial charge on any atom is -0.271 e. The number of hydrogen-bond donors (Lipinski definition) is 0. The van der Waals surface area contributed by atoms with Crippen LogP contribution in [-0.2, 0) is 4.79 Å². The molecule has 0 aromatic heterocycles. The molecule has 2 rings (SSSR count). The molecule has 0 aliphatic carbocycles. The summed E-state index contributed by atoms with van der Waals surface area (Å²) < 4.78 is 1.08. The second kappa shape index (κ2) is 3.71. The summed E-state index contributed by atoms with van der Waals surface area (Å²) in [5.74, 6) is -0.260. The van der Waals surface area contributed by atoms with Crippen LogP contribution in [0.2, 0.25) is 0 Å². The van der Waals surface area contributed by atoms with Crippen LogP contribution in [0.3, 0.4) is 0 Å². The monoisotopic (exact) mass is 207 g/mol. The molecule has 5 heteroatoms. The number of imide groups is 1. The molecule has 14 heavy (non-hydrogen) atoms. The van der Waals surface area contributed by atoms with Gasteiger partial charge in [0.1, 0.15) is 6.54 Å². The molecule has 1 fully saturated rings. The summed E-state index contributed by atoms with van der Waals surface area (Å²) in [6.45, 7) is -0.0291. The quantitative estimate of drug-likeness (QED) is 0.542. The molecule has 71 valence electrons. The molecule has 3 amide bonds. The van der Waals surface area contributed by atoms with Gasteiger partial charge in [-0.1, -0.05) is 18.2 Å². The van der Waals surface area contributed by atoms with E-state index < -0.39 is 6.03 Å². The average Bonchev–Trinajstić information content (AvgIpc) is 2.51. The first-order valence-corrected chi connectivity index (χ1v) is 4.82. The van der Waals surface area contributed by atoms with Crippen LogP contribution in [0.1, 0.15) is 0 Å². The molecule has 0 unspecified atom stereocenters. The van der Waals surface area contributed by atoms with Crippen LogP contribution in [0.25, 0.3) is 0 Å². The molecule has 4 nitrogen and oxygen atoms in total. The van der Waals surface area contributed by atoms with E-state index in [9.17, 15) is 9.59 Å². The third-order valence-electron chi connectivity index (χ3n) is 1.69. The molecule has 1 aromatic carbocycles. The lowest BCUT2D eigenvalue weighted by atomic mass is 10.4. The first-order valence-electron chi connectivity index (χ1n) is 4.05. The van der Waals surface area contributed by atoms with E-state index >= 15 is 0 Å². The van der Waals surface area contributed by atoms with Crippen molar-refractivity contribution in [3.63, 3.8) is 0 Å². The van der Waals surface area contributed by atoms with Crippen LogP contribution < -0.4 is 5.32 Å². The maximum absolute atomic E-state index is 11.2. The van der Waals surface area contributed by atoms with E-state index in [2.05, 4.69) is 5.32 Å². The molecule has 1 aliphatic heterocycles. The lowest BCUT2D eigenvalue weighted by Gasteiger charge is -2.09. The highest BCUT2D eigenvalue weighted by molar-refractivity contribution is 7.98. The van der Waals surface area contributed by atoms with Gasteiger partial charge in [0.15, 0.2) is 0 Å². The summed E-state index contributed by atoms with van der Waals surface area (Å²) in [4.78, 5) is 23.1. The Labute approximate surface area is 85.4 Å². The summed E-state index contributed by atoms with van der Waals surface area (Å²) >= 11 is 1.11. The van der Waals surface area contributed by atoms with Gasteiger partial charge in [-0.15, -0.1) is 0 Å². The predicted octanol–water partition coefficient (Wildman–Crippen LogP) is 1.26. The van der Waals surface area contributed by atoms with Crippen LogP contribution in [0.4, 0.5) is 4.79 Å². The van der Waals surface area contributed by atoms with Gasteiger partial charge in [-0.25, -0.2) is 10.1 Å². The van der Waals surface area contributed by atoms with Gasteiger partial charge in [-0.2, -0.15) is 4.31 Å². The Morgan fingerprint density at radius 3 is 2.50 bits per heavy atom. The first kappa shape index (κ1) is 9.08. The van der Waals surface area contributed by atoms with Crippen LogP contribution in [0.5, 0.6) is 0 Å². The van der Waals surface area contributed by atoms with Gasteiger partial charge in [0, 0.05) is 4.90 Å². The number of carbonyl (C=O) groups excluding carboxylic acids is 2. The number of rotatable bonds is 2. The molecule has 0 spiro atoms. The van der Waals surface area contributed by atoms with Crippen molar-refractivity contribution in [2.45, 2.75) is 4.90 Å². The smallest absolute Gasteiger partial charge is 0.271 e. The minimum absolute atomic E-state index is 0.0291. The SMILES string of the molecule is O=C1C[N]C(=O)N1Sc1ccccc1. The molecule has 0 N–H and O–H groups in total. The van der Waals surface area contributed by atoms with E-state index in [1.807, 2.05) is 30.3 Å². The molecule has 1 aliphatic rings. The summed E-state index contributed by atoms with van der Waals surface area (Å²) in [6, 6.07) is 8.79. The van der Waals surface area contributed by atoms with Crippen molar-refractivity contribution in [3.8, 4) is 0 Å². The highest BCUT2D eigenvalue weighted by atomic mass is 32.2. The highest BCUT2D eigenvalue weighted by Gasteiger charge is 2.31. The van der Waals surface area contributed by atoms with E-state index in [1.54, 1.807) is 0 Å². The third-order valence-corrected chi connectivity index (χ3v) is 2.72. The van der Waals surface area contributed by atoms with Gasteiger partial charge in [0.05, 0.1) is 0 Å².